The number of carbonyl (C=O) groups excluding carboxylic acids is 1. The number of nitrogens with two attached hydrogens (primary N) is 2. The van der Waals surface area contributed by atoms with E-state index in [9.17, 15) is 4.79 Å². The summed E-state index contributed by atoms with van der Waals surface area (Å²) in [5, 5.41) is -0.246. The quantitative estimate of drug-likeness (QED) is 0.566. The highest BCUT2D eigenvalue weighted by Gasteiger charge is 2.13. The molecule has 11 heavy (non-hydrogen) atoms. The maximum absolute atomic E-state index is 10.5. The monoisotopic (exact) mass is 175 g/mol. The fourth-order valence-corrected chi connectivity index (χ4v) is 1.17. The topological polar surface area (TPSA) is 69.1 Å². The van der Waals surface area contributed by atoms with Crippen LogP contribution in [0.1, 0.15) is 19.8 Å². The molecule has 0 aromatic heterocycles. The van der Waals surface area contributed by atoms with E-state index in [1.54, 1.807) is 0 Å². The fraction of sp³-hybridized carbons (Fsp3) is 0.857. The minimum absolute atomic E-state index is 0.00639. The molecular formula is C7H15N2OS-. The molecular weight excluding hydrogens is 160 g/mol. The van der Waals surface area contributed by atoms with E-state index in [2.05, 4.69) is 12.6 Å². The lowest BCUT2D eigenvalue weighted by atomic mass is 9.96. The van der Waals surface area contributed by atoms with Crippen LogP contribution in [0, 0.1) is 5.92 Å². The Kier molecular flexibility index (Phi) is 5.36. The number of hydrogen-bond acceptors (Lipinski definition) is 4. The van der Waals surface area contributed by atoms with Crippen molar-refractivity contribution in [1.29, 1.82) is 0 Å². The third-order valence-corrected chi connectivity index (χ3v) is 1.98. The van der Waals surface area contributed by atoms with E-state index in [0.717, 1.165) is 6.42 Å². The van der Waals surface area contributed by atoms with E-state index < -0.39 is 0 Å². The maximum Gasteiger partial charge on any atom is 0.0123 e. The first-order chi connectivity index (χ1) is 5.11. The van der Waals surface area contributed by atoms with Crippen molar-refractivity contribution < 1.29 is 4.79 Å². The van der Waals surface area contributed by atoms with Crippen molar-refractivity contribution in [3.8, 4) is 0 Å². The number of hydrogen-bond donors (Lipinski definition) is 2. The lowest BCUT2D eigenvalue weighted by Gasteiger charge is -2.21. The summed E-state index contributed by atoms with van der Waals surface area (Å²) in [5.41, 5.74) is 11.1. The van der Waals surface area contributed by atoms with Gasteiger partial charge in [-0.05, 0) is 25.3 Å². The molecule has 0 aliphatic heterocycles. The Morgan fingerprint density at radius 1 is 1.64 bits per heavy atom. The van der Waals surface area contributed by atoms with Crippen LogP contribution in [0.2, 0.25) is 0 Å². The zero-order chi connectivity index (χ0) is 8.85. The second-order valence-corrected chi connectivity index (χ2v) is 3.10. The summed E-state index contributed by atoms with van der Waals surface area (Å²) in [5.74, 6) is 0.0602. The van der Waals surface area contributed by atoms with Gasteiger partial charge in [0.2, 0.25) is 0 Å². The molecule has 0 aliphatic rings. The van der Waals surface area contributed by atoms with E-state index in [0.29, 0.717) is 13.0 Å². The predicted octanol–water partition coefficient (Wildman–Crippen LogP) is -0.238. The maximum atomic E-state index is 10.5. The molecule has 66 valence electrons. The van der Waals surface area contributed by atoms with E-state index in [1.807, 2.05) is 6.92 Å². The summed E-state index contributed by atoms with van der Waals surface area (Å²) >= 11 is 4.44. The highest BCUT2D eigenvalue weighted by Crippen LogP contribution is 2.08. The van der Waals surface area contributed by atoms with Gasteiger partial charge in [-0.25, -0.2) is 0 Å². The Morgan fingerprint density at radius 3 is 2.45 bits per heavy atom. The van der Waals surface area contributed by atoms with Crippen LogP contribution in [0.3, 0.4) is 0 Å². The summed E-state index contributed by atoms with van der Waals surface area (Å²) in [6, 6.07) is 0.00639. The molecule has 0 bridgehead atoms. The standard InChI is InChI=1S/C7H16N2OS/c1-2-6(9)5(4-8)3-7(10)11/h5-6H,2-4,8-9H2,1H3,(H,10,11)/p-1. The molecule has 0 saturated heterocycles. The van der Waals surface area contributed by atoms with Gasteiger partial charge in [-0.15, -0.1) is 0 Å². The molecule has 0 saturated carbocycles. The zero-order valence-electron chi connectivity index (χ0n) is 6.75. The van der Waals surface area contributed by atoms with E-state index in [4.69, 9.17) is 11.5 Å². The lowest BCUT2D eigenvalue weighted by Crippen LogP contribution is -2.35. The molecule has 0 fully saturated rings. The largest absolute Gasteiger partial charge is 0.742 e. The third-order valence-electron chi connectivity index (χ3n) is 1.81. The third kappa shape index (κ3) is 4.29. The Balaban J connectivity index is 3.84. The van der Waals surface area contributed by atoms with Crippen LogP contribution < -0.4 is 11.5 Å². The Labute approximate surface area is 72.9 Å². The van der Waals surface area contributed by atoms with Crippen molar-refractivity contribution in [2.45, 2.75) is 25.8 Å². The molecule has 0 aromatic rings. The lowest BCUT2D eigenvalue weighted by molar-refractivity contribution is -0.111. The molecule has 4 heteroatoms. The van der Waals surface area contributed by atoms with Crippen LogP contribution in [0.5, 0.6) is 0 Å². The van der Waals surface area contributed by atoms with Crippen LogP contribution in [-0.4, -0.2) is 17.7 Å². The van der Waals surface area contributed by atoms with Crippen molar-refractivity contribution in [3.63, 3.8) is 0 Å². The van der Waals surface area contributed by atoms with Gasteiger partial charge in [-0.2, -0.15) is 0 Å². The van der Waals surface area contributed by atoms with Crippen LogP contribution in [0.25, 0.3) is 0 Å². The molecule has 0 radical (unpaired) electrons. The first-order valence-corrected chi connectivity index (χ1v) is 4.18. The fourth-order valence-electron chi connectivity index (χ4n) is 0.957. The van der Waals surface area contributed by atoms with Gasteiger partial charge in [-0.3, -0.25) is 0 Å². The summed E-state index contributed by atoms with van der Waals surface area (Å²) in [7, 11) is 0. The minimum Gasteiger partial charge on any atom is -0.742 e. The minimum atomic E-state index is -0.246. The molecule has 4 N–H and O–H groups in total. The molecule has 2 unspecified atom stereocenters. The first kappa shape index (κ1) is 10.8. The Hall–Kier alpha value is -0.190. The molecule has 0 aliphatic carbocycles. The average Bonchev–Trinajstić information content (AvgIpc) is 1.98. The average molecular weight is 175 g/mol. The molecule has 0 spiro atoms. The molecule has 0 amide bonds. The smallest absolute Gasteiger partial charge is 0.0123 e. The second-order valence-electron chi connectivity index (χ2n) is 2.64. The van der Waals surface area contributed by atoms with E-state index in [1.165, 1.54) is 0 Å². The summed E-state index contributed by atoms with van der Waals surface area (Å²) in [4.78, 5) is 10.5. The van der Waals surface area contributed by atoms with Gasteiger partial charge in [0.25, 0.3) is 0 Å². The van der Waals surface area contributed by atoms with Crippen LogP contribution >= 0.6 is 0 Å². The molecule has 2 atom stereocenters. The van der Waals surface area contributed by atoms with Crippen molar-refractivity contribution in [1.82, 2.24) is 0 Å². The highest BCUT2D eigenvalue weighted by molar-refractivity contribution is 7.77. The predicted molar refractivity (Wildman–Crippen MR) is 47.8 cm³/mol. The van der Waals surface area contributed by atoms with Gasteiger partial charge < -0.3 is 28.9 Å². The van der Waals surface area contributed by atoms with Crippen molar-refractivity contribution in [2.75, 3.05) is 6.54 Å². The SMILES string of the molecule is CCC(N)C(CN)CC(=O)[S-]. The zero-order valence-corrected chi connectivity index (χ0v) is 7.56. The molecule has 0 heterocycles. The Morgan fingerprint density at radius 2 is 2.18 bits per heavy atom. The van der Waals surface area contributed by atoms with Crippen LogP contribution in [-0.2, 0) is 17.4 Å². The Bertz CT molecular complexity index is 130. The summed E-state index contributed by atoms with van der Waals surface area (Å²) < 4.78 is 0. The van der Waals surface area contributed by atoms with Gasteiger partial charge in [0.1, 0.15) is 0 Å². The van der Waals surface area contributed by atoms with E-state index in [-0.39, 0.29) is 17.1 Å². The van der Waals surface area contributed by atoms with Gasteiger partial charge in [0.05, 0.1) is 0 Å². The van der Waals surface area contributed by atoms with Gasteiger partial charge >= 0.3 is 0 Å². The number of carbonyl (C=O) groups is 1. The normalized spacial score (nSPS) is 15.9. The van der Waals surface area contributed by atoms with Crippen molar-refractivity contribution in [3.05, 3.63) is 0 Å². The molecule has 0 aromatic carbocycles. The van der Waals surface area contributed by atoms with Crippen LogP contribution in [0.15, 0.2) is 0 Å². The van der Waals surface area contributed by atoms with E-state index >= 15 is 0 Å². The highest BCUT2D eigenvalue weighted by atomic mass is 32.1. The van der Waals surface area contributed by atoms with Crippen molar-refractivity contribution in [2.24, 2.45) is 17.4 Å². The second kappa shape index (κ2) is 5.46. The van der Waals surface area contributed by atoms with Crippen LogP contribution in [0.4, 0.5) is 0 Å². The number of rotatable bonds is 5. The van der Waals surface area contributed by atoms with Gasteiger partial charge in [-0.1, -0.05) is 6.92 Å². The van der Waals surface area contributed by atoms with Gasteiger partial charge in [0, 0.05) is 11.2 Å². The first-order valence-electron chi connectivity index (χ1n) is 3.77. The molecule has 3 nitrogen and oxygen atoms in total. The molecule has 0 rings (SSSR count). The summed E-state index contributed by atoms with van der Waals surface area (Å²) in [6.07, 6.45) is 1.17. The van der Waals surface area contributed by atoms with Crippen molar-refractivity contribution >= 4 is 17.7 Å². The van der Waals surface area contributed by atoms with Gasteiger partial charge in [0.15, 0.2) is 0 Å². The summed E-state index contributed by atoms with van der Waals surface area (Å²) in [6.45, 7) is 2.42.